The molecule has 0 aliphatic carbocycles. The zero-order valence-electron chi connectivity index (χ0n) is 20.6. The molecule has 0 aromatic heterocycles. The number of benzene rings is 2. The fourth-order valence-corrected chi connectivity index (χ4v) is 4.83. The van der Waals surface area contributed by atoms with E-state index in [-0.39, 0.29) is 18.9 Å². The highest BCUT2D eigenvalue weighted by atomic mass is 16.5. The van der Waals surface area contributed by atoms with Crippen molar-refractivity contribution in [2.45, 2.75) is 43.9 Å². The molecule has 2 aromatic carbocycles. The molecular weight excluding hydrogens is 458 g/mol. The summed E-state index contributed by atoms with van der Waals surface area (Å²) in [6, 6.07) is 16.6. The van der Waals surface area contributed by atoms with E-state index in [0.717, 1.165) is 32.4 Å². The number of urea groups is 1. The Bertz CT molecular complexity index is 1040. The van der Waals surface area contributed by atoms with Crippen LogP contribution in [0.4, 0.5) is 10.5 Å². The first-order valence-electron chi connectivity index (χ1n) is 12.5. The molecule has 4 rings (SSSR count). The van der Waals surface area contributed by atoms with E-state index in [9.17, 15) is 14.7 Å². The zero-order valence-corrected chi connectivity index (χ0v) is 20.6. The monoisotopic (exact) mass is 493 g/mol. The lowest BCUT2D eigenvalue weighted by Gasteiger charge is -2.35. The van der Waals surface area contributed by atoms with Crippen molar-refractivity contribution < 1.29 is 24.2 Å². The maximum Gasteiger partial charge on any atom is 0.319 e. The minimum atomic E-state index is -0.646. The highest BCUT2D eigenvalue weighted by molar-refractivity contribution is 5.91. The molecule has 192 valence electrons. The lowest BCUT2D eigenvalue weighted by atomic mass is 9.90. The van der Waals surface area contributed by atoms with Gasteiger partial charge in [-0.05, 0) is 42.9 Å². The number of carbonyl (C=O) groups is 2. The molecule has 0 unspecified atom stereocenters. The van der Waals surface area contributed by atoms with Crippen molar-refractivity contribution in [1.29, 1.82) is 0 Å². The Labute approximate surface area is 212 Å². The molecule has 3 amide bonds. The minimum absolute atomic E-state index is 0.0554. The first-order valence-corrected chi connectivity index (χ1v) is 12.5. The minimum Gasteiger partial charge on any atom is -0.495 e. The summed E-state index contributed by atoms with van der Waals surface area (Å²) in [5.74, 6) is 1.19. The van der Waals surface area contributed by atoms with Crippen LogP contribution in [0.2, 0.25) is 0 Å². The van der Waals surface area contributed by atoms with Crippen molar-refractivity contribution in [2.24, 2.45) is 5.92 Å². The van der Waals surface area contributed by atoms with Gasteiger partial charge in [-0.1, -0.05) is 54.6 Å². The van der Waals surface area contributed by atoms with Crippen LogP contribution >= 0.6 is 0 Å². The van der Waals surface area contributed by atoms with Gasteiger partial charge in [-0.15, -0.1) is 0 Å². The largest absolute Gasteiger partial charge is 0.495 e. The predicted molar refractivity (Wildman–Crippen MR) is 138 cm³/mol. The van der Waals surface area contributed by atoms with Crippen molar-refractivity contribution in [1.82, 2.24) is 10.2 Å². The van der Waals surface area contributed by atoms with Crippen LogP contribution < -0.4 is 15.4 Å². The number of aliphatic hydroxyl groups is 1. The first kappa shape index (κ1) is 25.7. The fourth-order valence-electron chi connectivity index (χ4n) is 4.83. The Morgan fingerprint density at radius 3 is 2.50 bits per heavy atom. The number of para-hydroxylation sites is 2. The van der Waals surface area contributed by atoms with Gasteiger partial charge in [-0.2, -0.15) is 0 Å². The number of nitrogens with one attached hydrogen (secondary N) is 2. The van der Waals surface area contributed by atoms with Gasteiger partial charge in [-0.25, -0.2) is 4.79 Å². The fraction of sp³-hybridized carbons (Fsp3) is 0.429. The molecule has 2 aliphatic heterocycles. The number of nitrogens with zero attached hydrogens (tertiary/aromatic N) is 1. The predicted octanol–water partition coefficient (Wildman–Crippen LogP) is 3.37. The molecule has 8 nitrogen and oxygen atoms in total. The Balaban J connectivity index is 1.25. The van der Waals surface area contributed by atoms with Crippen LogP contribution in [0, 0.1) is 5.92 Å². The Morgan fingerprint density at radius 1 is 1.06 bits per heavy atom. The lowest BCUT2D eigenvalue weighted by molar-refractivity contribution is -0.136. The van der Waals surface area contributed by atoms with E-state index in [0.29, 0.717) is 17.4 Å². The van der Waals surface area contributed by atoms with Crippen LogP contribution in [0.3, 0.4) is 0 Å². The van der Waals surface area contributed by atoms with Crippen LogP contribution in [-0.2, 0) is 16.0 Å². The number of likely N-dealkylation sites (tertiary alicyclic amines) is 1. The van der Waals surface area contributed by atoms with Crippen molar-refractivity contribution >= 4 is 17.6 Å². The summed E-state index contributed by atoms with van der Waals surface area (Å²) in [5.41, 5.74) is 1.88. The summed E-state index contributed by atoms with van der Waals surface area (Å²) in [4.78, 5) is 27.3. The normalized spacial score (nSPS) is 22.2. The standard InChI is InChI=1S/C28H35N3O5/c1-35-25-10-6-5-9-23(25)29-28(34)30-24-12-11-22(36-26(24)19-32)18-27(33)31-15-13-21(14-16-31)17-20-7-3-2-4-8-20/h2-12,21-22,24,26,32H,13-19H2,1H3,(H2,29,30,34)/t22-,24-,26-/m0/s1. The quantitative estimate of drug-likeness (QED) is 0.490. The molecule has 3 atom stereocenters. The number of piperidine rings is 1. The second-order valence-corrected chi connectivity index (χ2v) is 9.32. The van der Waals surface area contributed by atoms with Gasteiger partial charge in [0.25, 0.3) is 0 Å². The number of rotatable bonds is 8. The molecule has 0 saturated carbocycles. The third-order valence-corrected chi connectivity index (χ3v) is 6.83. The SMILES string of the molecule is COc1ccccc1NC(=O)N[C@H]1C=C[C@@H](CC(=O)N2CCC(Cc3ccccc3)CC2)O[C@H]1CO. The van der Waals surface area contributed by atoms with Crippen molar-refractivity contribution in [2.75, 3.05) is 32.1 Å². The Morgan fingerprint density at radius 2 is 1.78 bits per heavy atom. The van der Waals surface area contributed by atoms with Crippen LogP contribution in [0.15, 0.2) is 66.7 Å². The van der Waals surface area contributed by atoms with Gasteiger partial charge in [0.2, 0.25) is 5.91 Å². The van der Waals surface area contributed by atoms with Crippen molar-refractivity contribution in [3.63, 3.8) is 0 Å². The van der Waals surface area contributed by atoms with Crippen LogP contribution in [0.1, 0.15) is 24.8 Å². The molecule has 3 N–H and O–H groups in total. The van der Waals surface area contributed by atoms with E-state index in [2.05, 4.69) is 34.9 Å². The van der Waals surface area contributed by atoms with Gasteiger partial charge in [0.05, 0.1) is 38.0 Å². The van der Waals surface area contributed by atoms with Gasteiger partial charge >= 0.3 is 6.03 Å². The second kappa shape index (κ2) is 12.6. The molecular formula is C28H35N3O5. The number of hydrogen-bond donors (Lipinski definition) is 3. The highest BCUT2D eigenvalue weighted by Gasteiger charge is 2.31. The van der Waals surface area contributed by atoms with Gasteiger partial charge < -0.3 is 30.1 Å². The third kappa shape index (κ3) is 6.86. The van der Waals surface area contributed by atoms with Gasteiger partial charge in [-0.3, -0.25) is 4.79 Å². The number of anilines is 1. The highest BCUT2D eigenvalue weighted by Crippen LogP contribution is 2.25. The molecule has 1 fully saturated rings. The summed E-state index contributed by atoms with van der Waals surface area (Å²) in [5, 5.41) is 15.4. The second-order valence-electron chi connectivity index (χ2n) is 9.32. The number of carbonyl (C=O) groups excluding carboxylic acids is 2. The van der Waals surface area contributed by atoms with E-state index in [1.54, 1.807) is 30.4 Å². The smallest absolute Gasteiger partial charge is 0.319 e. The number of hydrogen-bond acceptors (Lipinski definition) is 5. The number of ether oxygens (including phenoxy) is 2. The molecule has 2 aliphatic rings. The summed E-state index contributed by atoms with van der Waals surface area (Å²) in [6.07, 6.45) is 5.75. The molecule has 0 bridgehead atoms. The van der Waals surface area contributed by atoms with Gasteiger partial charge in [0, 0.05) is 13.1 Å². The van der Waals surface area contributed by atoms with Crippen molar-refractivity contribution in [3.8, 4) is 5.75 Å². The Hall–Kier alpha value is -3.36. The topological polar surface area (TPSA) is 100 Å². The van der Waals surface area contributed by atoms with Crippen LogP contribution in [0.25, 0.3) is 0 Å². The van der Waals surface area contributed by atoms with Crippen LogP contribution in [0.5, 0.6) is 5.75 Å². The number of amides is 3. The average Bonchev–Trinajstić information content (AvgIpc) is 2.90. The third-order valence-electron chi connectivity index (χ3n) is 6.83. The zero-order chi connectivity index (χ0) is 25.3. The molecule has 2 heterocycles. The van der Waals surface area contributed by atoms with Gasteiger partial charge in [0.1, 0.15) is 11.9 Å². The Kier molecular flexibility index (Phi) is 8.97. The maximum absolute atomic E-state index is 12.9. The molecule has 0 radical (unpaired) electrons. The molecule has 2 aromatic rings. The first-order chi connectivity index (χ1) is 17.6. The van der Waals surface area contributed by atoms with Crippen LogP contribution in [-0.4, -0.2) is 67.0 Å². The summed E-state index contributed by atoms with van der Waals surface area (Å²) < 4.78 is 11.2. The van der Waals surface area contributed by atoms with E-state index < -0.39 is 24.3 Å². The molecule has 1 saturated heterocycles. The summed E-state index contributed by atoms with van der Waals surface area (Å²) >= 11 is 0. The molecule has 0 spiro atoms. The molecule has 8 heteroatoms. The molecule has 36 heavy (non-hydrogen) atoms. The number of methoxy groups -OCH3 is 1. The van der Waals surface area contributed by atoms with E-state index in [1.165, 1.54) is 12.7 Å². The van der Waals surface area contributed by atoms with E-state index >= 15 is 0 Å². The lowest BCUT2D eigenvalue weighted by Crippen LogP contribution is -2.50. The average molecular weight is 494 g/mol. The number of aliphatic hydroxyl groups excluding tert-OH is 1. The van der Waals surface area contributed by atoms with E-state index in [4.69, 9.17) is 9.47 Å². The van der Waals surface area contributed by atoms with E-state index in [1.807, 2.05) is 17.0 Å². The van der Waals surface area contributed by atoms with Crippen molar-refractivity contribution in [3.05, 3.63) is 72.3 Å². The summed E-state index contributed by atoms with van der Waals surface area (Å²) in [6.45, 7) is 1.23. The summed E-state index contributed by atoms with van der Waals surface area (Å²) in [7, 11) is 1.53. The van der Waals surface area contributed by atoms with Gasteiger partial charge in [0.15, 0.2) is 0 Å². The maximum atomic E-state index is 12.9.